The minimum atomic E-state index is -0.542. The molecule has 44 heavy (non-hydrogen) atoms. The van der Waals surface area contributed by atoms with Crippen molar-refractivity contribution in [1.29, 1.82) is 0 Å². The molecular formula is C34H39N7O3. The normalized spacial score (nSPS) is 17.2. The maximum Gasteiger partial charge on any atom is 0.410 e. The van der Waals surface area contributed by atoms with Crippen LogP contribution in [0.3, 0.4) is 0 Å². The third-order valence-corrected chi connectivity index (χ3v) is 8.13. The Morgan fingerprint density at radius 1 is 1.07 bits per heavy atom. The highest BCUT2D eigenvalue weighted by Crippen LogP contribution is 2.35. The number of nitrogens with one attached hydrogen (secondary N) is 1. The van der Waals surface area contributed by atoms with Crippen LogP contribution in [-0.2, 0) is 4.74 Å². The Hall–Kier alpha value is -4.73. The first-order chi connectivity index (χ1) is 21.0. The Bertz CT molecular complexity index is 1800. The van der Waals surface area contributed by atoms with E-state index in [0.717, 1.165) is 62.7 Å². The van der Waals surface area contributed by atoms with Crippen LogP contribution in [0.25, 0.3) is 39.2 Å². The van der Waals surface area contributed by atoms with Gasteiger partial charge in [0.25, 0.3) is 0 Å². The smallest absolute Gasteiger partial charge is 0.410 e. The van der Waals surface area contributed by atoms with Crippen molar-refractivity contribution in [3.8, 4) is 28.2 Å². The number of para-hydroxylation sites is 1. The van der Waals surface area contributed by atoms with E-state index in [4.69, 9.17) is 19.2 Å². The van der Waals surface area contributed by atoms with Gasteiger partial charge in [0.05, 0.1) is 22.6 Å². The largest absolute Gasteiger partial charge is 0.444 e. The monoisotopic (exact) mass is 593 g/mol. The molecule has 10 heteroatoms. The van der Waals surface area contributed by atoms with Crippen molar-refractivity contribution in [2.45, 2.75) is 66.5 Å². The lowest BCUT2D eigenvalue weighted by molar-refractivity contribution is 0.0176. The number of aromatic nitrogens is 5. The van der Waals surface area contributed by atoms with Crippen LogP contribution in [0.1, 0.15) is 51.1 Å². The van der Waals surface area contributed by atoms with Crippen LogP contribution in [-0.4, -0.2) is 60.4 Å². The lowest BCUT2D eigenvalue weighted by atomic mass is 9.94. The van der Waals surface area contributed by atoms with Gasteiger partial charge in [0, 0.05) is 48.2 Å². The highest BCUT2D eigenvalue weighted by Gasteiger charge is 2.32. The van der Waals surface area contributed by atoms with E-state index in [1.165, 1.54) is 0 Å². The second-order valence-corrected chi connectivity index (χ2v) is 12.7. The fourth-order valence-corrected chi connectivity index (χ4v) is 5.76. The molecule has 1 aliphatic rings. The van der Waals surface area contributed by atoms with Crippen LogP contribution in [0.15, 0.2) is 59.4 Å². The van der Waals surface area contributed by atoms with Crippen LogP contribution in [0.4, 0.5) is 10.7 Å². The molecule has 4 aromatic heterocycles. The number of amides is 1. The van der Waals surface area contributed by atoms with Gasteiger partial charge in [-0.15, -0.1) is 0 Å². The number of carbonyl (C=O) groups excluding carboxylic acids is 1. The Morgan fingerprint density at radius 2 is 1.84 bits per heavy atom. The summed E-state index contributed by atoms with van der Waals surface area (Å²) in [7, 11) is 0. The predicted octanol–water partition coefficient (Wildman–Crippen LogP) is 7.12. The molecule has 0 bridgehead atoms. The molecule has 5 aromatic rings. The van der Waals surface area contributed by atoms with E-state index in [-0.39, 0.29) is 12.1 Å². The van der Waals surface area contributed by atoms with E-state index < -0.39 is 5.60 Å². The van der Waals surface area contributed by atoms with Gasteiger partial charge in [-0.3, -0.25) is 0 Å². The number of hydrogen-bond acceptors (Lipinski definition) is 8. The predicted molar refractivity (Wildman–Crippen MR) is 171 cm³/mol. The number of aryl methyl sites for hydroxylation is 3. The maximum atomic E-state index is 12.8. The van der Waals surface area contributed by atoms with Crippen molar-refractivity contribution in [3.63, 3.8) is 0 Å². The highest BCUT2D eigenvalue weighted by molar-refractivity contribution is 5.96. The summed E-state index contributed by atoms with van der Waals surface area (Å²) in [5.74, 6) is 1.58. The van der Waals surface area contributed by atoms with Crippen LogP contribution in [0.5, 0.6) is 0 Å². The first-order valence-electron chi connectivity index (χ1n) is 15.1. The lowest BCUT2D eigenvalue weighted by Crippen LogP contribution is -2.50. The zero-order chi connectivity index (χ0) is 31.2. The van der Waals surface area contributed by atoms with Crippen molar-refractivity contribution >= 4 is 23.1 Å². The van der Waals surface area contributed by atoms with E-state index in [0.29, 0.717) is 25.0 Å². The fourth-order valence-electron chi connectivity index (χ4n) is 5.76. The fraction of sp³-hybridized carbons (Fsp3) is 0.382. The zero-order valence-electron chi connectivity index (χ0n) is 26.4. The minimum Gasteiger partial charge on any atom is -0.444 e. The van der Waals surface area contributed by atoms with Crippen molar-refractivity contribution in [2.75, 3.05) is 18.4 Å². The number of pyridine rings is 1. The van der Waals surface area contributed by atoms with Crippen molar-refractivity contribution in [3.05, 3.63) is 71.9 Å². The summed E-state index contributed by atoms with van der Waals surface area (Å²) >= 11 is 0. The molecule has 1 fully saturated rings. The molecule has 1 amide bonds. The molecule has 6 rings (SSSR count). The molecule has 0 saturated carbocycles. The molecule has 0 unspecified atom stereocenters. The summed E-state index contributed by atoms with van der Waals surface area (Å²) in [6, 6.07) is 14.2. The quantitative estimate of drug-likeness (QED) is 0.229. The van der Waals surface area contributed by atoms with Gasteiger partial charge in [-0.2, -0.15) is 0 Å². The summed E-state index contributed by atoms with van der Waals surface area (Å²) in [5.41, 5.74) is 6.50. The third kappa shape index (κ3) is 5.76. The second-order valence-electron chi connectivity index (χ2n) is 12.7. The van der Waals surface area contributed by atoms with Crippen molar-refractivity contribution in [2.24, 2.45) is 5.92 Å². The molecule has 0 radical (unpaired) electrons. The molecule has 1 saturated heterocycles. The number of rotatable bonds is 5. The summed E-state index contributed by atoms with van der Waals surface area (Å²) < 4.78 is 13.2. The summed E-state index contributed by atoms with van der Waals surface area (Å²) in [6.07, 6.45) is 4.51. The van der Waals surface area contributed by atoms with Gasteiger partial charge in [0.1, 0.15) is 17.0 Å². The lowest BCUT2D eigenvalue weighted by Gasteiger charge is -2.38. The molecule has 1 N–H and O–H groups in total. The third-order valence-electron chi connectivity index (χ3n) is 8.13. The van der Waals surface area contributed by atoms with E-state index in [9.17, 15) is 4.79 Å². The number of carbonyl (C=O) groups is 1. The first-order valence-corrected chi connectivity index (χ1v) is 15.1. The number of piperidine rings is 1. The van der Waals surface area contributed by atoms with E-state index in [1.54, 1.807) is 4.90 Å². The average Bonchev–Trinajstić information content (AvgIpc) is 3.53. The molecular weight excluding hydrogens is 554 g/mol. The summed E-state index contributed by atoms with van der Waals surface area (Å²) in [5, 5.41) is 8.64. The summed E-state index contributed by atoms with van der Waals surface area (Å²) in [6.45, 7) is 14.9. The number of hydrogen-bond donors (Lipinski definition) is 1. The molecule has 0 aliphatic carbocycles. The Kier molecular flexibility index (Phi) is 7.61. The number of ether oxygens (including phenoxy) is 1. The van der Waals surface area contributed by atoms with E-state index in [1.807, 2.05) is 72.0 Å². The van der Waals surface area contributed by atoms with Gasteiger partial charge in [-0.25, -0.2) is 19.7 Å². The SMILES string of the molecule is Cc1cnc(N[C@@H]2CN(C(=O)OC(C)(C)C)CC[C@@H]2C)nc1-c1cn(-c2ccccc2)c2nc(-c3c(C)noc3C)ccc12. The van der Waals surface area contributed by atoms with Gasteiger partial charge in [0.2, 0.25) is 5.95 Å². The molecule has 228 valence electrons. The summed E-state index contributed by atoms with van der Waals surface area (Å²) in [4.78, 5) is 29.4. The average molecular weight is 594 g/mol. The topological polar surface area (TPSA) is 111 Å². The van der Waals surface area contributed by atoms with Crippen LogP contribution < -0.4 is 5.32 Å². The maximum absolute atomic E-state index is 12.8. The minimum absolute atomic E-state index is 0.0169. The first kappa shape index (κ1) is 29.3. The molecule has 2 atom stereocenters. The number of benzene rings is 1. The second kappa shape index (κ2) is 11.4. The number of anilines is 1. The molecule has 10 nitrogen and oxygen atoms in total. The molecule has 5 heterocycles. The Balaban J connectivity index is 1.38. The van der Waals surface area contributed by atoms with Crippen molar-refractivity contribution < 1.29 is 14.1 Å². The molecule has 0 spiro atoms. The number of likely N-dealkylation sites (tertiary alicyclic amines) is 1. The Labute approximate surface area is 257 Å². The van der Waals surface area contributed by atoms with Gasteiger partial charge >= 0.3 is 6.09 Å². The zero-order valence-corrected chi connectivity index (χ0v) is 26.4. The van der Waals surface area contributed by atoms with Gasteiger partial charge in [-0.05, 0) is 83.7 Å². The van der Waals surface area contributed by atoms with Gasteiger partial charge in [0.15, 0.2) is 0 Å². The van der Waals surface area contributed by atoms with Crippen molar-refractivity contribution in [1.82, 2.24) is 29.6 Å². The van der Waals surface area contributed by atoms with E-state index in [2.05, 4.69) is 51.3 Å². The van der Waals surface area contributed by atoms with Crippen LogP contribution in [0.2, 0.25) is 0 Å². The molecule has 1 aromatic carbocycles. The van der Waals surface area contributed by atoms with Gasteiger partial charge < -0.3 is 24.0 Å². The standard InChI is InChI=1S/C34H39N7O3/c1-20-15-16-40(33(42)43-34(5,6)7)19-28(20)37-32-35-17-21(2)30(38-32)26-18-41(24-11-9-8-10-12-24)31-25(26)13-14-27(36-31)29-22(3)39-44-23(29)4/h8-14,17-18,20,28H,15-16,19H2,1-7H3,(H,35,37,38)/t20-,28+/m0/s1. The van der Waals surface area contributed by atoms with E-state index >= 15 is 0 Å². The molecule has 1 aliphatic heterocycles. The van der Waals surface area contributed by atoms with Crippen LogP contribution in [0, 0.1) is 26.7 Å². The highest BCUT2D eigenvalue weighted by atomic mass is 16.6. The van der Waals surface area contributed by atoms with Crippen LogP contribution >= 0.6 is 0 Å². The van der Waals surface area contributed by atoms with Gasteiger partial charge in [-0.1, -0.05) is 30.3 Å². The number of nitrogens with zero attached hydrogens (tertiary/aromatic N) is 6. The Morgan fingerprint density at radius 3 is 2.55 bits per heavy atom. The number of fused-ring (bicyclic) bond motifs is 1.